The first kappa shape index (κ1) is 12.1. The van der Waals surface area contributed by atoms with Crippen molar-refractivity contribution >= 4 is 5.91 Å². The highest BCUT2D eigenvalue weighted by Gasteiger charge is 2.23. The molecule has 1 aromatic carbocycles. The van der Waals surface area contributed by atoms with Gasteiger partial charge in [0.1, 0.15) is 0 Å². The Labute approximate surface area is 102 Å². The number of carbonyl (C=O) groups excluding carboxylic acids is 1. The monoisotopic (exact) mass is 232 g/mol. The maximum atomic E-state index is 11.9. The van der Waals surface area contributed by atoms with E-state index in [0.29, 0.717) is 13.1 Å². The minimum absolute atomic E-state index is 0.141. The number of fused-ring (bicyclic) bond motifs is 1. The van der Waals surface area contributed by atoms with E-state index in [0.717, 1.165) is 25.7 Å². The summed E-state index contributed by atoms with van der Waals surface area (Å²) < 4.78 is 0. The molecular weight excluding hydrogens is 212 g/mol. The number of hydrogen-bond donors (Lipinski definition) is 2. The molecule has 1 aliphatic carbocycles. The van der Waals surface area contributed by atoms with Gasteiger partial charge in [0.25, 0.3) is 0 Å². The average molecular weight is 232 g/mol. The van der Waals surface area contributed by atoms with Crippen molar-refractivity contribution in [2.75, 3.05) is 13.1 Å². The predicted molar refractivity (Wildman–Crippen MR) is 68.6 cm³/mol. The predicted octanol–water partition coefficient (Wildman–Crippen LogP) is 1.26. The van der Waals surface area contributed by atoms with Gasteiger partial charge in [-0.05, 0) is 43.4 Å². The molecule has 0 aliphatic heterocycles. The lowest BCUT2D eigenvalue weighted by Crippen LogP contribution is -2.35. The van der Waals surface area contributed by atoms with Crippen LogP contribution in [0.25, 0.3) is 0 Å². The van der Waals surface area contributed by atoms with Crippen molar-refractivity contribution in [1.82, 2.24) is 5.32 Å². The Bertz CT molecular complexity index is 390. The molecule has 1 aromatic rings. The van der Waals surface area contributed by atoms with Crippen LogP contribution in [0.2, 0.25) is 0 Å². The summed E-state index contributed by atoms with van der Waals surface area (Å²) in [7, 11) is 0. The Kier molecular flexibility index (Phi) is 4.15. The van der Waals surface area contributed by atoms with E-state index in [1.807, 2.05) is 6.07 Å². The van der Waals surface area contributed by atoms with Gasteiger partial charge in [0.15, 0.2) is 0 Å². The molecule has 3 nitrogen and oxygen atoms in total. The van der Waals surface area contributed by atoms with Crippen LogP contribution in [0.4, 0.5) is 0 Å². The number of amides is 1. The molecule has 3 N–H and O–H groups in total. The molecule has 0 saturated heterocycles. The van der Waals surface area contributed by atoms with Crippen molar-refractivity contribution in [3.8, 4) is 0 Å². The second-order valence-corrected chi connectivity index (χ2v) is 4.64. The standard InChI is InChI=1S/C14H20N2O/c15-8-3-9-16-14(17)13-7-6-11-4-1-2-5-12(11)10-13/h1-2,4-5,13H,3,6-10,15H2,(H,16,17). The summed E-state index contributed by atoms with van der Waals surface area (Å²) in [6.07, 6.45) is 3.72. The van der Waals surface area contributed by atoms with Gasteiger partial charge in [0, 0.05) is 12.5 Å². The molecule has 0 radical (unpaired) electrons. The van der Waals surface area contributed by atoms with Crippen LogP contribution >= 0.6 is 0 Å². The number of benzene rings is 1. The third kappa shape index (κ3) is 3.07. The average Bonchev–Trinajstić information content (AvgIpc) is 2.38. The Morgan fingerprint density at radius 2 is 2.12 bits per heavy atom. The SMILES string of the molecule is NCCCNC(=O)C1CCc2ccccc2C1. The van der Waals surface area contributed by atoms with E-state index in [1.165, 1.54) is 11.1 Å². The first-order valence-electron chi connectivity index (χ1n) is 6.36. The summed E-state index contributed by atoms with van der Waals surface area (Å²) >= 11 is 0. The van der Waals surface area contributed by atoms with E-state index < -0.39 is 0 Å². The maximum absolute atomic E-state index is 11.9. The minimum Gasteiger partial charge on any atom is -0.356 e. The third-order valence-corrected chi connectivity index (χ3v) is 3.40. The zero-order chi connectivity index (χ0) is 12.1. The van der Waals surface area contributed by atoms with Crippen molar-refractivity contribution < 1.29 is 4.79 Å². The molecular formula is C14H20N2O. The molecule has 1 atom stereocenters. The van der Waals surface area contributed by atoms with Gasteiger partial charge in [-0.3, -0.25) is 4.79 Å². The molecule has 0 saturated carbocycles. The Morgan fingerprint density at radius 1 is 1.35 bits per heavy atom. The topological polar surface area (TPSA) is 55.1 Å². The zero-order valence-electron chi connectivity index (χ0n) is 10.1. The molecule has 1 unspecified atom stereocenters. The summed E-state index contributed by atoms with van der Waals surface area (Å²) in [5.74, 6) is 0.329. The van der Waals surface area contributed by atoms with Crippen LogP contribution in [0.5, 0.6) is 0 Å². The highest BCUT2D eigenvalue weighted by Crippen LogP contribution is 2.25. The summed E-state index contributed by atoms with van der Waals surface area (Å²) in [4.78, 5) is 11.9. The van der Waals surface area contributed by atoms with E-state index in [9.17, 15) is 4.79 Å². The number of aryl methyl sites for hydroxylation is 1. The van der Waals surface area contributed by atoms with E-state index in [2.05, 4.69) is 23.5 Å². The van der Waals surface area contributed by atoms with Crippen molar-refractivity contribution in [3.63, 3.8) is 0 Å². The first-order valence-corrected chi connectivity index (χ1v) is 6.36. The number of nitrogens with one attached hydrogen (secondary N) is 1. The molecule has 0 heterocycles. The first-order chi connectivity index (χ1) is 8.31. The summed E-state index contributed by atoms with van der Waals surface area (Å²) in [5, 5.41) is 2.97. The second kappa shape index (κ2) is 5.82. The number of carbonyl (C=O) groups is 1. The van der Waals surface area contributed by atoms with Gasteiger partial charge in [0.2, 0.25) is 5.91 Å². The van der Waals surface area contributed by atoms with Gasteiger partial charge >= 0.3 is 0 Å². The lowest BCUT2D eigenvalue weighted by molar-refractivity contribution is -0.125. The Balaban J connectivity index is 1.91. The third-order valence-electron chi connectivity index (χ3n) is 3.40. The quantitative estimate of drug-likeness (QED) is 0.768. The fourth-order valence-corrected chi connectivity index (χ4v) is 2.38. The Hall–Kier alpha value is -1.35. The maximum Gasteiger partial charge on any atom is 0.223 e. The van der Waals surface area contributed by atoms with Gasteiger partial charge in [0.05, 0.1) is 0 Å². The van der Waals surface area contributed by atoms with Crippen LogP contribution < -0.4 is 11.1 Å². The van der Waals surface area contributed by atoms with Gasteiger partial charge in [-0.25, -0.2) is 0 Å². The van der Waals surface area contributed by atoms with Crippen LogP contribution in [0, 0.1) is 5.92 Å². The van der Waals surface area contributed by atoms with Gasteiger partial charge < -0.3 is 11.1 Å². The molecule has 1 aliphatic rings. The summed E-state index contributed by atoms with van der Waals surface area (Å²) in [6, 6.07) is 8.42. The molecule has 0 bridgehead atoms. The smallest absolute Gasteiger partial charge is 0.223 e. The molecule has 0 aromatic heterocycles. The zero-order valence-corrected chi connectivity index (χ0v) is 10.1. The minimum atomic E-state index is 0.141. The van der Waals surface area contributed by atoms with Crippen LogP contribution in [0.1, 0.15) is 24.0 Å². The molecule has 3 heteroatoms. The van der Waals surface area contributed by atoms with Crippen LogP contribution in [-0.4, -0.2) is 19.0 Å². The Morgan fingerprint density at radius 3 is 2.88 bits per heavy atom. The summed E-state index contributed by atoms with van der Waals surface area (Å²) in [5.41, 5.74) is 8.14. The molecule has 0 fully saturated rings. The van der Waals surface area contributed by atoms with Gasteiger partial charge in [-0.15, -0.1) is 0 Å². The van der Waals surface area contributed by atoms with Gasteiger partial charge in [-0.1, -0.05) is 24.3 Å². The molecule has 17 heavy (non-hydrogen) atoms. The molecule has 1 amide bonds. The van der Waals surface area contributed by atoms with E-state index in [-0.39, 0.29) is 11.8 Å². The number of nitrogens with two attached hydrogens (primary N) is 1. The fourth-order valence-electron chi connectivity index (χ4n) is 2.38. The van der Waals surface area contributed by atoms with E-state index in [4.69, 9.17) is 5.73 Å². The lowest BCUT2D eigenvalue weighted by atomic mass is 9.83. The van der Waals surface area contributed by atoms with E-state index >= 15 is 0 Å². The van der Waals surface area contributed by atoms with Crippen molar-refractivity contribution in [3.05, 3.63) is 35.4 Å². The fraction of sp³-hybridized carbons (Fsp3) is 0.500. The normalized spacial score (nSPS) is 18.5. The largest absolute Gasteiger partial charge is 0.356 e. The highest BCUT2D eigenvalue weighted by atomic mass is 16.1. The molecule has 2 rings (SSSR count). The van der Waals surface area contributed by atoms with Crippen LogP contribution in [0.3, 0.4) is 0 Å². The van der Waals surface area contributed by atoms with Crippen molar-refractivity contribution in [1.29, 1.82) is 0 Å². The van der Waals surface area contributed by atoms with Crippen molar-refractivity contribution in [2.24, 2.45) is 11.7 Å². The summed E-state index contributed by atoms with van der Waals surface area (Å²) in [6.45, 7) is 1.33. The van der Waals surface area contributed by atoms with E-state index in [1.54, 1.807) is 0 Å². The van der Waals surface area contributed by atoms with Crippen LogP contribution in [0.15, 0.2) is 24.3 Å². The number of rotatable bonds is 4. The second-order valence-electron chi connectivity index (χ2n) is 4.64. The molecule has 92 valence electrons. The highest BCUT2D eigenvalue weighted by molar-refractivity contribution is 5.79. The van der Waals surface area contributed by atoms with Gasteiger partial charge in [-0.2, -0.15) is 0 Å². The lowest BCUT2D eigenvalue weighted by Gasteiger charge is -2.23. The van der Waals surface area contributed by atoms with Crippen LogP contribution in [-0.2, 0) is 17.6 Å². The molecule has 0 spiro atoms. The number of hydrogen-bond acceptors (Lipinski definition) is 2. The van der Waals surface area contributed by atoms with Crippen molar-refractivity contribution in [2.45, 2.75) is 25.7 Å².